The summed E-state index contributed by atoms with van der Waals surface area (Å²) in [5.74, 6) is 1.45. The van der Waals surface area contributed by atoms with Crippen molar-refractivity contribution in [2.75, 3.05) is 11.1 Å². The monoisotopic (exact) mass is 447 g/mol. The number of nitrogen functional groups attached to an aromatic ring is 1. The molecule has 3 aromatic rings. The zero-order valence-corrected chi connectivity index (χ0v) is 18.2. The van der Waals surface area contributed by atoms with Crippen molar-refractivity contribution in [1.29, 1.82) is 0 Å². The van der Waals surface area contributed by atoms with E-state index in [2.05, 4.69) is 20.5 Å². The van der Waals surface area contributed by atoms with E-state index in [-0.39, 0.29) is 18.1 Å². The second-order valence-electron chi connectivity index (χ2n) is 8.99. The van der Waals surface area contributed by atoms with Gasteiger partial charge in [0, 0.05) is 23.2 Å². The number of nitrogens with two attached hydrogens (primary N) is 1. The first-order valence-corrected chi connectivity index (χ1v) is 10.1. The topological polar surface area (TPSA) is 101 Å². The summed E-state index contributed by atoms with van der Waals surface area (Å²) in [4.78, 5) is 19.1. The number of aryl methyl sites for hydroxylation is 1. The van der Waals surface area contributed by atoms with Gasteiger partial charge in [-0.05, 0) is 30.7 Å². The van der Waals surface area contributed by atoms with Crippen molar-refractivity contribution in [3.05, 3.63) is 46.4 Å². The third-order valence-electron chi connectivity index (χ3n) is 5.34. The molecule has 1 amide bonds. The summed E-state index contributed by atoms with van der Waals surface area (Å²) in [5, 5.41) is 11.3. The number of aromatic nitrogens is 4. The second kappa shape index (κ2) is 7.35. The van der Waals surface area contributed by atoms with Crippen LogP contribution in [0.1, 0.15) is 49.0 Å². The lowest BCUT2D eigenvalue weighted by Gasteiger charge is -2.25. The van der Waals surface area contributed by atoms with Crippen LogP contribution in [0.2, 0.25) is 0 Å². The smallest absolute Gasteiger partial charge is 0.399 e. The Morgan fingerprint density at radius 1 is 1.16 bits per heavy atom. The fourth-order valence-corrected chi connectivity index (χ4v) is 3.87. The number of fused-ring (bicyclic) bond motifs is 3. The minimum Gasteiger partial charge on any atom is -0.399 e. The summed E-state index contributed by atoms with van der Waals surface area (Å²) in [6, 6.07) is 3.44. The van der Waals surface area contributed by atoms with Gasteiger partial charge < -0.3 is 16.0 Å². The molecule has 0 fully saturated rings. The van der Waals surface area contributed by atoms with Gasteiger partial charge in [-0.1, -0.05) is 20.8 Å². The molecule has 3 N–H and O–H groups in total. The minimum absolute atomic E-state index is 0.0100. The van der Waals surface area contributed by atoms with E-state index in [4.69, 9.17) is 5.73 Å². The third kappa shape index (κ3) is 3.94. The van der Waals surface area contributed by atoms with Gasteiger partial charge in [0.25, 0.3) is 5.78 Å². The number of hydrogen-bond donors (Lipinski definition) is 2. The predicted molar refractivity (Wildman–Crippen MR) is 112 cm³/mol. The molecule has 1 aliphatic heterocycles. The molecule has 170 valence electrons. The van der Waals surface area contributed by atoms with Crippen molar-refractivity contribution in [3.8, 4) is 0 Å². The first-order valence-electron chi connectivity index (χ1n) is 10.1. The van der Waals surface area contributed by atoms with Crippen LogP contribution < -0.4 is 11.1 Å². The zero-order chi connectivity index (χ0) is 23.4. The molecule has 0 saturated heterocycles. The Morgan fingerprint density at radius 3 is 2.53 bits per heavy atom. The first kappa shape index (κ1) is 21.8. The Hall–Kier alpha value is -3.37. The maximum Gasteiger partial charge on any atom is 0.416 e. The summed E-state index contributed by atoms with van der Waals surface area (Å²) in [6.45, 7) is 8.14. The highest BCUT2D eigenvalue weighted by molar-refractivity contribution is 5.82. The molecule has 32 heavy (non-hydrogen) atoms. The number of nitrogens with one attached hydrogen (secondary N) is 1. The van der Waals surface area contributed by atoms with Crippen molar-refractivity contribution < 1.29 is 18.0 Å². The number of anilines is 2. The van der Waals surface area contributed by atoms with E-state index in [0.29, 0.717) is 36.1 Å². The maximum absolute atomic E-state index is 13.1. The van der Waals surface area contributed by atoms with Crippen molar-refractivity contribution >= 4 is 23.2 Å². The molecule has 0 atom stereocenters. The average Bonchev–Trinajstić information content (AvgIpc) is 3.27. The van der Waals surface area contributed by atoms with Crippen LogP contribution in [0.3, 0.4) is 0 Å². The van der Waals surface area contributed by atoms with Gasteiger partial charge in [-0.15, -0.1) is 10.2 Å². The van der Waals surface area contributed by atoms with Crippen LogP contribution in [0.15, 0.2) is 18.2 Å². The molecular formula is C21H24F3N7O. The molecule has 0 unspecified atom stereocenters. The molecule has 11 heteroatoms. The van der Waals surface area contributed by atoms with E-state index in [1.807, 2.05) is 20.8 Å². The van der Waals surface area contributed by atoms with Crippen LogP contribution >= 0.6 is 0 Å². The molecule has 0 radical (unpaired) electrons. The van der Waals surface area contributed by atoms with Gasteiger partial charge in [0.1, 0.15) is 11.6 Å². The maximum atomic E-state index is 13.1. The number of benzene rings is 1. The zero-order valence-electron chi connectivity index (χ0n) is 18.2. The lowest BCUT2D eigenvalue weighted by molar-refractivity contribution is -0.140. The molecule has 3 heterocycles. The molecule has 8 nitrogen and oxygen atoms in total. The highest BCUT2D eigenvalue weighted by atomic mass is 19.4. The van der Waals surface area contributed by atoms with Gasteiger partial charge >= 0.3 is 6.18 Å². The summed E-state index contributed by atoms with van der Waals surface area (Å²) in [7, 11) is 0. The van der Waals surface area contributed by atoms with E-state index in [1.54, 1.807) is 16.2 Å². The summed E-state index contributed by atoms with van der Waals surface area (Å²) in [5.41, 5.74) is 6.33. The fourth-order valence-electron chi connectivity index (χ4n) is 3.87. The lowest BCUT2D eigenvalue weighted by Crippen LogP contribution is -2.35. The fraction of sp³-hybridized carbons (Fsp3) is 0.429. The van der Waals surface area contributed by atoms with Gasteiger partial charge in [-0.2, -0.15) is 18.2 Å². The Balaban J connectivity index is 1.69. The average molecular weight is 447 g/mol. The SMILES string of the molecule is Cc1nnc2nc(NCc3cc(N)cc(C(F)(F)F)c3)c3c(n12)CN(C(=O)C(C)(C)C)C3. The van der Waals surface area contributed by atoms with E-state index >= 15 is 0 Å². The van der Waals surface area contributed by atoms with E-state index in [1.165, 1.54) is 6.07 Å². The molecule has 4 rings (SSSR count). The normalized spacial score (nSPS) is 14.2. The molecule has 1 aromatic carbocycles. The Labute approximate surface area is 182 Å². The summed E-state index contributed by atoms with van der Waals surface area (Å²) < 4.78 is 41.2. The number of carbonyl (C=O) groups is 1. The number of alkyl halides is 3. The molecule has 0 spiro atoms. The number of hydrogen-bond acceptors (Lipinski definition) is 6. The van der Waals surface area contributed by atoms with Crippen molar-refractivity contribution in [3.63, 3.8) is 0 Å². The van der Waals surface area contributed by atoms with Gasteiger partial charge in [-0.3, -0.25) is 9.20 Å². The molecule has 1 aliphatic rings. The second-order valence-corrected chi connectivity index (χ2v) is 8.99. The third-order valence-corrected chi connectivity index (χ3v) is 5.34. The van der Waals surface area contributed by atoms with E-state index in [9.17, 15) is 18.0 Å². The Kier molecular flexibility index (Phi) is 5.02. The lowest BCUT2D eigenvalue weighted by atomic mass is 9.95. The number of amides is 1. The highest BCUT2D eigenvalue weighted by Crippen LogP contribution is 2.34. The van der Waals surface area contributed by atoms with E-state index in [0.717, 1.165) is 23.4 Å². The predicted octanol–water partition coefficient (Wildman–Crippen LogP) is 3.53. The van der Waals surface area contributed by atoms with Crippen LogP contribution in [0.5, 0.6) is 0 Å². The van der Waals surface area contributed by atoms with Crippen molar-refractivity contribution in [2.45, 2.75) is 53.5 Å². The van der Waals surface area contributed by atoms with Crippen LogP contribution in [-0.2, 0) is 30.6 Å². The largest absolute Gasteiger partial charge is 0.416 e. The quantitative estimate of drug-likeness (QED) is 0.596. The highest BCUT2D eigenvalue weighted by Gasteiger charge is 2.35. The van der Waals surface area contributed by atoms with Gasteiger partial charge in [0.2, 0.25) is 5.91 Å². The minimum atomic E-state index is -4.49. The number of halogens is 3. The van der Waals surface area contributed by atoms with Crippen LogP contribution in [0.4, 0.5) is 24.7 Å². The molecular weight excluding hydrogens is 423 g/mol. The summed E-state index contributed by atoms with van der Waals surface area (Å²) in [6.07, 6.45) is -4.49. The molecule has 0 aliphatic carbocycles. The van der Waals surface area contributed by atoms with Crippen LogP contribution in [-0.4, -0.2) is 30.4 Å². The Bertz CT molecular complexity index is 1210. The standard InChI is InChI=1S/C21H24F3N7O/c1-11-28-29-19-27-17(26-8-12-5-13(21(22,23)24)7-14(25)6-12)15-9-30(10-16(15)31(11)19)18(32)20(2,3)4/h5-7H,8-10,25H2,1-4H3,(H,26,27,29). The number of nitrogens with zero attached hydrogens (tertiary/aromatic N) is 5. The molecule has 2 aromatic heterocycles. The first-order chi connectivity index (χ1) is 14.8. The van der Waals surface area contributed by atoms with E-state index < -0.39 is 17.2 Å². The molecule has 0 bridgehead atoms. The van der Waals surface area contributed by atoms with Crippen LogP contribution in [0.25, 0.3) is 5.78 Å². The van der Waals surface area contributed by atoms with Gasteiger partial charge in [0.05, 0.1) is 24.3 Å². The van der Waals surface area contributed by atoms with Crippen LogP contribution in [0, 0.1) is 12.3 Å². The van der Waals surface area contributed by atoms with Gasteiger partial charge in [0.15, 0.2) is 0 Å². The van der Waals surface area contributed by atoms with Crippen molar-refractivity contribution in [2.24, 2.45) is 5.41 Å². The Morgan fingerprint density at radius 2 is 1.88 bits per heavy atom. The van der Waals surface area contributed by atoms with Gasteiger partial charge in [-0.25, -0.2) is 0 Å². The number of rotatable bonds is 3. The number of carbonyl (C=O) groups excluding carboxylic acids is 1. The molecule has 0 saturated carbocycles. The van der Waals surface area contributed by atoms with Crippen molar-refractivity contribution in [1.82, 2.24) is 24.5 Å². The summed E-state index contributed by atoms with van der Waals surface area (Å²) >= 11 is 0.